The molecule has 2 heterocycles. The van der Waals surface area contributed by atoms with Gasteiger partial charge in [0, 0.05) is 32.7 Å². The minimum atomic E-state index is -3.71. The fraction of sp³-hybridized carbons (Fsp3) is 0.500. The van der Waals surface area contributed by atoms with Crippen LogP contribution in [0.15, 0.2) is 46.2 Å². The maximum Gasteiger partial charge on any atom is 0.243 e. The molecule has 0 bridgehead atoms. The normalized spacial score (nSPS) is 19.9. The molecular formula is C26H35N3O5S2. The van der Waals surface area contributed by atoms with Gasteiger partial charge in [-0.15, -0.1) is 0 Å². The number of benzene rings is 2. The number of aryl methyl sites for hydroxylation is 3. The Morgan fingerprint density at radius 2 is 1.44 bits per heavy atom. The van der Waals surface area contributed by atoms with Gasteiger partial charge in [-0.05, 0) is 75.3 Å². The number of piperidine rings is 1. The van der Waals surface area contributed by atoms with Crippen LogP contribution in [0.3, 0.4) is 0 Å². The van der Waals surface area contributed by atoms with Gasteiger partial charge in [-0.2, -0.15) is 8.61 Å². The molecule has 10 heteroatoms. The van der Waals surface area contributed by atoms with E-state index in [-0.39, 0.29) is 23.9 Å². The predicted molar refractivity (Wildman–Crippen MR) is 138 cm³/mol. The van der Waals surface area contributed by atoms with Crippen molar-refractivity contribution < 1.29 is 21.6 Å². The molecule has 0 aliphatic carbocycles. The van der Waals surface area contributed by atoms with E-state index < -0.39 is 26.0 Å². The minimum absolute atomic E-state index is 0.147. The average Bonchev–Trinajstić information content (AvgIpc) is 3.38. The molecule has 0 radical (unpaired) electrons. The molecule has 2 fully saturated rings. The van der Waals surface area contributed by atoms with Crippen LogP contribution < -0.4 is 5.32 Å². The predicted octanol–water partition coefficient (Wildman–Crippen LogP) is 3.11. The largest absolute Gasteiger partial charge is 0.352 e. The third-order valence-corrected chi connectivity index (χ3v) is 11.1. The van der Waals surface area contributed by atoms with E-state index in [1.54, 1.807) is 24.3 Å². The summed E-state index contributed by atoms with van der Waals surface area (Å²) in [6.07, 6.45) is 3.00. The number of carbonyl (C=O) groups excluding carboxylic acids is 1. The van der Waals surface area contributed by atoms with E-state index in [0.717, 1.165) is 24.0 Å². The molecule has 2 aromatic carbocycles. The summed E-state index contributed by atoms with van der Waals surface area (Å²) in [7, 11) is -7.18. The van der Waals surface area contributed by atoms with Crippen molar-refractivity contribution in [1.29, 1.82) is 0 Å². The van der Waals surface area contributed by atoms with E-state index in [1.807, 2.05) is 32.9 Å². The lowest BCUT2D eigenvalue weighted by Gasteiger charge is -2.32. The molecule has 0 unspecified atom stereocenters. The second-order valence-electron chi connectivity index (χ2n) is 9.90. The third kappa shape index (κ3) is 5.51. The number of hydrogen-bond donors (Lipinski definition) is 1. The van der Waals surface area contributed by atoms with Gasteiger partial charge in [0.1, 0.15) is 0 Å². The van der Waals surface area contributed by atoms with Crippen LogP contribution in [0.1, 0.15) is 47.9 Å². The molecule has 1 atom stereocenters. The molecule has 36 heavy (non-hydrogen) atoms. The summed E-state index contributed by atoms with van der Waals surface area (Å²) in [5, 5.41) is 2.90. The van der Waals surface area contributed by atoms with Crippen molar-refractivity contribution in [2.45, 2.75) is 62.8 Å². The zero-order chi connectivity index (χ0) is 26.1. The third-order valence-electron chi connectivity index (χ3n) is 7.05. The number of nitrogens with one attached hydrogen (secondary N) is 1. The van der Waals surface area contributed by atoms with Crippen molar-refractivity contribution >= 4 is 26.0 Å². The van der Waals surface area contributed by atoms with Crippen LogP contribution >= 0.6 is 0 Å². The average molecular weight is 534 g/mol. The molecular weight excluding hydrogens is 498 g/mol. The maximum atomic E-state index is 13.4. The first-order valence-corrected chi connectivity index (χ1v) is 15.3. The standard InChI is InChI=1S/C26H35N3O5S2/c1-19-15-20(2)25(21(3)16-19)36(33,34)29-14-6-7-23(18-29)26(30)27-17-22-8-10-24(11-9-22)35(31,32)28-12-4-5-13-28/h8-11,15-16,23H,4-7,12-14,17-18H2,1-3H3,(H,27,30)/t23-/m1/s1. The lowest BCUT2D eigenvalue weighted by atomic mass is 9.99. The van der Waals surface area contributed by atoms with Gasteiger partial charge in [0.15, 0.2) is 0 Å². The molecule has 1 amide bonds. The van der Waals surface area contributed by atoms with E-state index in [9.17, 15) is 21.6 Å². The molecule has 0 saturated carbocycles. The van der Waals surface area contributed by atoms with Gasteiger partial charge in [-0.1, -0.05) is 29.8 Å². The summed E-state index contributed by atoms with van der Waals surface area (Å²) in [4.78, 5) is 13.5. The zero-order valence-electron chi connectivity index (χ0n) is 21.2. The van der Waals surface area contributed by atoms with Gasteiger partial charge in [-0.3, -0.25) is 4.79 Å². The van der Waals surface area contributed by atoms with Crippen molar-refractivity contribution in [3.63, 3.8) is 0 Å². The topological polar surface area (TPSA) is 104 Å². The Kier molecular flexibility index (Phi) is 7.89. The number of carbonyl (C=O) groups is 1. The van der Waals surface area contributed by atoms with Gasteiger partial charge in [0.25, 0.3) is 0 Å². The molecule has 4 rings (SSSR count). The van der Waals surface area contributed by atoms with Crippen molar-refractivity contribution in [2.24, 2.45) is 5.92 Å². The summed E-state index contributed by atoms with van der Waals surface area (Å²) in [5.41, 5.74) is 3.24. The van der Waals surface area contributed by atoms with Crippen LogP contribution in [-0.2, 0) is 31.4 Å². The van der Waals surface area contributed by atoms with Crippen LogP contribution in [-0.4, -0.2) is 57.5 Å². The zero-order valence-corrected chi connectivity index (χ0v) is 22.8. The molecule has 0 aromatic heterocycles. The molecule has 2 aliphatic rings. The molecule has 2 saturated heterocycles. The Morgan fingerprint density at radius 1 is 0.861 bits per heavy atom. The Balaban J connectivity index is 1.39. The van der Waals surface area contributed by atoms with E-state index in [2.05, 4.69) is 5.32 Å². The summed E-state index contributed by atoms with van der Waals surface area (Å²) in [6.45, 7) is 7.46. The molecule has 2 aliphatic heterocycles. The summed E-state index contributed by atoms with van der Waals surface area (Å²) < 4.78 is 55.2. The smallest absolute Gasteiger partial charge is 0.243 e. The van der Waals surface area contributed by atoms with Gasteiger partial charge in [0.2, 0.25) is 26.0 Å². The highest BCUT2D eigenvalue weighted by Gasteiger charge is 2.35. The van der Waals surface area contributed by atoms with E-state index in [4.69, 9.17) is 0 Å². The highest BCUT2D eigenvalue weighted by Crippen LogP contribution is 2.29. The lowest BCUT2D eigenvalue weighted by molar-refractivity contribution is -0.126. The number of sulfonamides is 2. The van der Waals surface area contributed by atoms with E-state index >= 15 is 0 Å². The van der Waals surface area contributed by atoms with Crippen LogP contribution in [0.5, 0.6) is 0 Å². The van der Waals surface area contributed by atoms with Crippen LogP contribution in [0.25, 0.3) is 0 Å². The number of amides is 1. The maximum absolute atomic E-state index is 13.4. The Morgan fingerprint density at radius 3 is 2.06 bits per heavy atom. The second-order valence-corrected chi connectivity index (χ2v) is 13.7. The SMILES string of the molecule is Cc1cc(C)c(S(=O)(=O)N2CCC[C@@H](C(=O)NCc3ccc(S(=O)(=O)N4CCCC4)cc3)C2)c(C)c1. The molecule has 0 spiro atoms. The minimum Gasteiger partial charge on any atom is -0.352 e. The lowest BCUT2D eigenvalue weighted by Crippen LogP contribution is -2.45. The summed E-state index contributed by atoms with van der Waals surface area (Å²) in [6, 6.07) is 10.3. The molecule has 2 aromatic rings. The van der Waals surface area contributed by atoms with Crippen LogP contribution in [0, 0.1) is 26.7 Å². The van der Waals surface area contributed by atoms with Crippen molar-refractivity contribution in [3.8, 4) is 0 Å². The number of rotatable bonds is 7. The van der Waals surface area contributed by atoms with Crippen molar-refractivity contribution in [1.82, 2.24) is 13.9 Å². The quantitative estimate of drug-likeness (QED) is 0.589. The van der Waals surface area contributed by atoms with Crippen LogP contribution in [0.4, 0.5) is 0 Å². The first-order chi connectivity index (χ1) is 17.0. The fourth-order valence-electron chi connectivity index (χ4n) is 5.27. The van der Waals surface area contributed by atoms with Crippen molar-refractivity contribution in [2.75, 3.05) is 26.2 Å². The van der Waals surface area contributed by atoms with Gasteiger partial charge >= 0.3 is 0 Å². The Bertz CT molecular complexity index is 1310. The fourth-order valence-corrected chi connectivity index (χ4v) is 8.72. The van der Waals surface area contributed by atoms with Gasteiger partial charge in [0.05, 0.1) is 15.7 Å². The Hall–Kier alpha value is -2.27. The highest BCUT2D eigenvalue weighted by atomic mass is 32.2. The summed E-state index contributed by atoms with van der Waals surface area (Å²) >= 11 is 0. The number of nitrogens with zero attached hydrogens (tertiary/aromatic N) is 2. The van der Waals surface area contributed by atoms with E-state index in [0.29, 0.717) is 48.5 Å². The first kappa shape index (κ1) is 26.8. The summed E-state index contributed by atoms with van der Waals surface area (Å²) in [5.74, 6) is -0.629. The Labute approximate surface area is 214 Å². The van der Waals surface area contributed by atoms with Crippen LogP contribution in [0.2, 0.25) is 0 Å². The van der Waals surface area contributed by atoms with E-state index in [1.165, 1.54) is 8.61 Å². The number of hydrogen-bond acceptors (Lipinski definition) is 5. The molecule has 8 nitrogen and oxygen atoms in total. The van der Waals surface area contributed by atoms with Gasteiger partial charge in [-0.25, -0.2) is 16.8 Å². The highest BCUT2D eigenvalue weighted by molar-refractivity contribution is 7.89. The van der Waals surface area contributed by atoms with Crippen molar-refractivity contribution in [3.05, 3.63) is 58.7 Å². The molecule has 1 N–H and O–H groups in total. The van der Waals surface area contributed by atoms with Gasteiger partial charge < -0.3 is 5.32 Å². The monoisotopic (exact) mass is 533 g/mol. The first-order valence-electron chi connectivity index (χ1n) is 12.4. The molecule has 196 valence electrons. The second kappa shape index (κ2) is 10.6.